The van der Waals surface area contributed by atoms with Crippen LogP contribution in [0.3, 0.4) is 0 Å². The standard InChI is InChI=1S/C24H16ClFN2O3/c1-12-9-16-18(10-13(12)2)31-23-20(22(16)29)21(15-5-3-4-6-17(15)26)28(24(23)30)19-8-7-14(25)11-27-19/h3-11,21H,1-2H3. The van der Waals surface area contributed by atoms with Crippen molar-refractivity contribution in [2.45, 2.75) is 19.9 Å². The Morgan fingerprint density at radius 3 is 2.52 bits per heavy atom. The van der Waals surface area contributed by atoms with Crippen LogP contribution in [0, 0.1) is 19.7 Å². The Kier molecular flexibility index (Phi) is 4.41. The van der Waals surface area contributed by atoms with E-state index < -0.39 is 17.8 Å². The van der Waals surface area contributed by atoms with E-state index in [0.29, 0.717) is 16.0 Å². The summed E-state index contributed by atoms with van der Waals surface area (Å²) in [5.41, 5.74) is 2.09. The van der Waals surface area contributed by atoms with Crippen molar-refractivity contribution < 1.29 is 13.6 Å². The van der Waals surface area contributed by atoms with Gasteiger partial charge in [-0.05, 0) is 55.3 Å². The number of pyridine rings is 1. The van der Waals surface area contributed by atoms with Gasteiger partial charge in [-0.2, -0.15) is 0 Å². The lowest BCUT2D eigenvalue weighted by Gasteiger charge is -2.24. The number of carbonyl (C=O) groups is 1. The van der Waals surface area contributed by atoms with Crippen molar-refractivity contribution in [2.24, 2.45) is 0 Å². The van der Waals surface area contributed by atoms with Gasteiger partial charge >= 0.3 is 0 Å². The molecule has 0 saturated carbocycles. The quantitative estimate of drug-likeness (QED) is 0.427. The summed E-state index contributed by atoms with van der Waals surface area (Å²) in [6.45, 7) is 3.79. The summed E-state index contributed by atoms with van der Waals surface area (Å²) in [4.78, 5) is 32.5. The largest absolute Gasteiger partial charge is 0.450 e. The fraction of sp³-hybridized carbons (Fsp3) is 0.125. The lowest BCUT2D eigenvalue weighted by Crippen LogP contribution is -2.30. The molecule has 4 aromatic rings. The highest BCUT2D eigenvalue weighted by atomic mass is 35.5. The van der Waals surface area contributed by atoms with Gasteiger partial charge in [0.25, 0.3) is 5.91 Å². The minimum absolute atomic E-state index is 0.0996. The van der Waals surface area contributed by atoms with Crippen LogP contribution in [0.2, 0.25) is 5.02 Å². The maximum Gasteiger partial charge on any atom is 0.296 e. The van der Waals surface area contributed by atoms with Crippen LogP contribution in [0.5, 0.6) is 0 Å². The molecule has 0 N–H and O–H groups in total. The number of hydrogen-bond donors (Lipinski definition) is 0. The number of benzene rings is 2. The average molecular weight is 435 g/mol. The van der Waals surface area contributed by atoms with Crippen LogP contribution in [0.15, 0.2) is 63.9 Å². The lowest BCUT2D eigenvalue weighted by atomic mass is 9.97. The zero-order chi connectivity index (χ0) is 21.9. The van der Waals surface area contributed by atoms with Crippen molar-refractivity contribution in [1.82, 2.24) is 4.98 Å². The molecule has 0 radical (unpaired) electrons. The van der Waals surface area contributed by atoms with Crippen molar-refractivity contribution in [3.63, 3.8) is 0 Å². The molecule has 0 spiro atoms. The SMILES string of the molecule is Cc1cc2oc3c(c(=O)c2cc1C)C(c1ccccc1F)N(c1ccc(Cl)cn1)C3=O. The molecule has 0 bridgehead atoms. The number of halogens is 2. The van der Waals surface area contributed by atoms with E-state index in [9.17, 15) is 14.0 Å². The Morgan fingerprint density at radius 1 is 1.06 bits per heavy atom. The molecule has 1 aliphatic rings. The molecule has 1 amide bonds. The van der Waals surface area contributed by atoms with Gasteiger partial charge in [0.05, 0.1) is 22.0 Å². The van der Waals surface area contributed by atoms with Crippen molar-refractivity contribution in [2.75, 3.05) is 4.90 Å². The van der Waals surface area contributed by atoms with Crippen LogP contribution in [0.1, 0.15) is 38.9 Å². The van der Waals surface area contributed by atoms with Gasteiger partial charge in [0.1, 0.15) is 17.2 Å². The van der Waals surface area contributed by atoms with Gasteiger partial charge in [0.15, 0.2) is 5.43 Å². The first-order valence-corrected chi connectivity index (χ1v) is 10.0. The second kappa shape index (κ2) is 7.03. The summed E-state index contributed by atoms with van der Waals surface area (Å²) in [6.07, 6.45) is 1.39. The monoisotopic (exact) mass is 434 g/mol. The number of nitrogens with zero attached hydrogens (tertiary/aromatic N) is 2. The number of rotatable bonds is 2. The smallest absolute Gasteiger partial charge is 0.296 e. The van der Waals surface area contributed by atoms with Crippen molar-refractivity contribution in [1.29, 1.82) is 0 Å². The van der Waals surface area contributed by atoms with E-state index in [4.69, 9.17) is 16.0 Å². The normalized spacial score (nSPS) is 15.5. The topological polar surface area (TPSA) is 63.4 Å². The molecule has 154 valence electrons. The molecule has 2 aromatic carbocycles. The molecule has 0 fully saturated rings. The zero-order valence-electron chi connectivity index (χ0n) is 16.6. The summed E-state index contributed by atoms with van der Waals surface area (Å²) in [5.74, 6) is -0.961. The van der Waals surface area contributed by atoms with Gasteiger partial charge in [0, 0.05) is 11.8 Å². The van der Waals surface area contributed by atoms with Crippen LogP contribution in [0.4, 0.5) is 10.2 Å². The highest BCUT2D eigenvalue weighted by Crippen LogP contribution is 2.41. The van der Waals surface area contributed by atoms with E-state index in [1.54, 1.807) is 42.5 Å². The zero-order valence-corrected chi connectivity index (χ0v) is 17.4. The summed E-state index contributed by atoms with van der Waals surface area (Å²) < 4.78 is 20.8. The molecule has 0 saturated heterocycles. The van der Waals surface area contributed by atoms with Crippen molar-refractivity contribution in [3.05, 3.63) is 104 Å². The van der Waals surface area contributed by atoms with E-state index in [1.165, 1.54) is 17.2 Å². The molecule has 7 heteroatoms. The Hall–Kier alpha value is -3.51. The number of anilines is 1. The molecule has 1 atom stereocenters. The first-order valence-electron chi connectivity index (χ1n) is 9.64. The Labute approximate surface area is 181 Å². The number of carbonyl (C=O) groups excluding carboxylic acids is 1. The fourth-order valence-corrected chi connectivity index (χ4v) is 4.08. The summed E-state index contributed by atoms with van der Waals surface area (Å²) in [7, 11) is 0. The second-order valence-electron chi connectivity index (χ2n) is 7.54. The van der Waals surface area contributed by atoms with Gasteiger partial charge in [-0.3, -0.25) is 14.5 Å². The predicted octanol–water partition coefficient (Wildman–Crippen LogP) is 5.35. The highest BCUT2D eigenvalue weighted by Gasteiger charge is 2.45. The maximum atomic E-state index is 14.9. The third kappa shape index (κ3) is 2.94. The molecule has 3 heterocycles. The van der Waals surface area contributed by atoms with E-state index in [-0.39, 0.29) is 28.1 Å². The first kappa shape index (κ1) is 19.5. The van der Waals surface area contributed by atoms with Crippen molar-refractivity contribution in [3.8, 4) is 0 Å². The van der Waals surface area contributed by atoms with Gasteiger partial charge in [-0.15, -0.1) is 0 Å². The van der Waals surface area contributed by atoms with Gasteiger partial charge in [-0.25, -0.2) is 9.37 Å². The first-order chi connectivity index (χ1) is 14.9. The number of fused-ring (bicyclic) bond motifs is 2. The van der Waals surface area contributed by atoms with Crippen LogP contribution in [-0.4, -0.2) is 10.9 Å². The third-order valence-electron chi connectivity index (χ3n) is 5.64. The lowest BCUT2D eigenvalue weighted by molar-refractivity contribution is 0.0970. The summed E-state index contributed by atoms with van der Waals surface area (Å²) >= 11 is 5.95. The minimum Gasteiger partial charge on any atom is -0.450 e. The van der Waals surface area contributed by atoms with Gasteiger partial charge in [0.2, 0.25) is 5.76 Å². The number of amides is 1. The van der Waals surface area contributed by atoms with Crippen LogP contribution in [0.25, 0.3) is 11.0 Å². The molecule has 1 aliphatic heterocycles. The molecule has 0 aliphatic carbocycles. The Bertz CT molecular complexity index is 1430. The molecule has 5 rings (SSSR count). The predicted molar refractivity (Wildman–Crippen MR) is 116 cm³/mol. The minimum atomic E-state index is -1.01. The highest BCUT2D eigenvalue weighted by molar-refractivity contribution is 6.30. The summed E-state index contributed by atoms with van der Waals surface area (Å²) in [5, 5.41) is 0.739. The van der Waals surface area contributed by atoms with Crippen LogP contribution in [-0.2, 0) is 0 Å². The Balaban J connectivity index is 1.85. The molecular formula is C24H16ClFN2O3. The third-order valence-corrected chi connectivity index (χ3v) is 5.87. The van der Waals surface area contributed by atoms with E-state index in [2.05, 4.69) is 4.98 Å². The van der Waals surface area contributed by atoms with E-state index >= 15 is 0 Å². The average Bonchev–Trinajstić information content (AvgIpc) is 3.03. The van der Waals surface area contributed by atoms with E-state index in [0.717, 1.165) is 11.1 Å². The Morgan fingerprint density at radius 2 is 1.81 bits per heavy atom. The maximum absolute atomic E-state index is 14.9. The number of aromatic nitrogens is 1. The molecule has 2 aromatic heterocycles. The van der Waals surface area contributed by atoms with Crippen LogP contribution >= 0.6 is 11.6 Å². The van der Waals surface area contributed by atoms with Gasteiger partial charge < -0.3 is 4.42 Å². The molecule has 1 unspecified atom stereocenters. The molecule has 31 heavy (non-hydrogen) atoms. The van der Waals surface area contributed by atoms with Crippen molar-refractivity contribution >= 4 is 34.3 Å². The summed E-state index contributed by atoms with van der Waals surface area (Å²) in [6, 6.07) is 11.6. The van der Waals surface area contributed by atoms with Crippen LogP contribution < -0.4 is 10.3 Å². The second-order valence-corrected chi connectivity index (χ2v) is 7.98. The number of hydrogen-bond acceptors (Lipinski definition) is 4. The fourth-order valence-electron chi connectivity index (χ4n) is 3.97. The van der Waals surface area contributed by atoms with Gasteiger partial charge in [-0.1, -0.05) is 29.8 Å². The molecule has 5 nitrogen and oxygen atoms in total. The van der Waals surface area contributed by atoms with E-state index in [1.807, 2.05) is 13.8 Å². The molecular weight excluding hydrogens is 419 g/mol. The number of aryl methyl sites for hydroxylation is 2.